The van der Waals surface area contributed by atoms with Crippen LogP contribution in [0.3, 0.4) is 0 Å². The molecule has 0 bridgehead atoms. The topological polar surface area (TPSA) is 91.1 Å². The summed E-state index contributed by atoms with van der Waals surface area (Å²) in [5.74, 6) is 0.920. The second kappa shape index (κ2) is 5.57. The summed E-state index contributed by atoms with van der Waals surface area (Å²) in [4.78, 5) is 13.3. The molecular weight excluding hydrogens is 294 g/mol. The van der Waals surface area contributed by atoms with Crippen LogP contribution >= 0.6 is 0 Å². The van der Waals surface area contributed by atoms with Crippen LogP contribution in [0.2, 0.25) is 0 Å². The Labute approximate surface area is 133 Å². The number of aromatic nitrogens is 2. The van der Waals surface area contributed by atoms with E-state index in [1.807, 2.05) is 13.8 Å². The molecule has 3 rings (SSSR count). The molecule has 0 unspecified atom stereocenters. The summed E-state index contributed by atoms with van der Waals surface area (Å²) in [5, 5.41) is 20.5. The number of nitriles is 1. The second-order valence-corrected chi connectivity index (χ2v) is 5.29. The van der Waals surface area contributed by atoms with Gasteiger partial charge in [-0.05, 0) is 37.6 Å². The van der Waals surface area contributed by atoms with E-state index < -0.39 is 0 Å². The van der Waals surface area contributed by atoms with Crippen LogP contribution in [0.4, 0.5) is 17.2 Å². The van der Waals surface area contributed by atoms with Crippen LogP contribution < -0.4 is 15.0 Å². The first-order valence-corrected chi connectivity index (χ1v) is 7.05. The van der Waals surface area contributed by atoms with Crippen LogP contribution in [-0.2, 0) is 4.79 Å². The number of nitrogens with one attached hydrogen (secondary N) is 1. The largest absolute Gasteiger partial charge is 0.482 e. The van der Waals surface area contributed by atoms with Crippen LogP contribution in [0.5, 0.6) is 5.75 Å². The number of fused-ring (bicyclic) bond motifs is 1. The lowest BCUT2D eigenvalue weighted by atomic mass is 10.1. The second-order valence-electron chi connectivity index (χ2n) is 5.29. The highest BCUT2D eigenvalue weighted by Gasteiger charge is 2.22. The fraction of sp³-hybridized carbons (Fsp3) is 0.250. The van der Waals surface area contributed by atoms with E-state index in [4.69, 9.17) is 4.74 Å². The van der Waals surface area contributed by atoms with Gasteiger partial charge in [-0.25, -0.2) is 0 Å². The van der Waals surface area contributed by atoms with Gasteiger partial charge in [0, 0.05) is 12.7 Å². The molecule has 2 aromatic rings. The zero-order valence-electron chi connectivity index (χ0n) is 13.0. The summed E-state index contributed by atoms with van der Waals surface area (Å²) < 4.78 is 5.39. The third kappa shape index (κ3) is 2.55. The Kier molecular flexibility index (Phi) is 3.58. The lowest BCUT2D eigenvalue weighted by Crippen LogP contribution is -2.35. The van der Waals surface area contributed by atoms with Gasteiger partial charge in [-0.2, -0.15) is 10.4 Å². The van der Waals surface area contributed by atoms with E-state index in [0.717, 1.165) is 11.3 Å². The maximum Gasteiger partial charge on any atom is 0.264 e. The predicted molar refractivity (Wildman–Crippen MR) is 84.9 cm³/mol. The number of amides is 1. The van der Waals surface area contributed by atoms with Gasteiger partial charge in [0.2, 0.25) is 0 Å². The van der Waals surface area contributed by atoms with Gasteiger partial charge in [-0.1, -0.05) is 0 Å². The first-order chi connectivity index (χ1) is 11.0. The van der Waals surface area contributed by atoms with Gasteiger partial charge < -0.3 is 15.0 Å². The molecule has 1 aromatic heterocycles. The molecular formula is C16H15N5O2. The Balaban J connectivity index is 1.98. The lowest BCUT2D eigenvalue weighted by Gasteiger charge is -2.26. The molecule has 1 amide bonds. The average Bonchev–Trinajstić information content (AvgIpc) is 2.55. The molecule has 116 valence electrons. The number of hydrogen-bond acceptors (Lipinski definition) is 6. The molecule has 0 atom stereocenters. The lowest BCUT2D eigenvalue weighted by molar-refractivity contribution is -0.120. The van der Waals surface area contributed by atoms with E-state index in [1.165, 1.54) is 0 Å². The standard InChI is InChI=1S/C16H15N5O2/c1-9-10(2)19-20-16(12(9)7-17)18-11-4-5-14-13(6-11)21(3)15(22)8-23-14/h4-6H,8H2,1-3H3,(H,18,20). The van der Waals surface area contributed by atoms with Crippen molar-refractivity contribution in [3.05, 3.63) is 35.0 Å². The summed E-state index contributed by atoms with van der Waals surface area (Å²) in [6, 6.07) is 7.52. The highest BCUT2D eigenvalue weighted by molar-refractivity contribution is 5.98. The van der Waals surface area contributed by atoms with E-state index in [-0.39, 0.29) is 12.5 Å². The molecule has 7 nitrogen and oxygen atoms in total. The number of aryl methyl sites for hydroxylation is 1. The van der Waals surface area contributed by atoms with Crippen molar-refractivity contribution < 1.29 is 9.53 Å². The SMILES string of the molecule is Cc1nnc(Nc2ccc3c(c2)N(C)C(=O)CO3)c(C#N)c1C. The van der Waals surface area contributed by atoms with Crippen molar-refractivity contribution in [3.8, 4) is 11.8 Å². The van der Waals surface area contributed by atoms with Crippen LogP contribution in [0.1, 0.15) is 16.8 Å². The van der Waals surface area contributed by atoms with Crippen molar-refractivity contribution in [1.29, 1.82) is 5.26 Å². The molecule has 0 radical (unpaired) electrons. The predicted octanol–water partition coefficient (Wildman–Crippen LogP) is 2.06. The van der Waals surface area contributed by atoms with Gasteiger partial charge in [0.1, 0.15) is 17.4 Å². The minimum Gasteiger partial charge on any atom is -0.482 e. The third-order valence-electron chi connectivity index (χ3n) is 3.87. The van der Waals surface area contributed by atoms with E-state index in [1.54, 1.807) is 30.1 Å². The minimum absolute atomic E-state index is 0.0392. The number of nitrogens with zero attached hydrogens (tertiary/aromatic N) is 4. The van der Waals surface area contributed by atoms with Crippen molar-refractivity contribution in [1.82, 2.24) is 10.2 Å². The molecule has 1 aliphatic rings. The van der Waals surface area contributed by atoms with E-state index in [2.05, 4.69) is 21.6 Å². The Morgan fingerprint density at radius 2 is 2.13 bits per heavy atom. The summed E-state index contributed by atoms with van der Waals surface area (Å²) in [7, 11) is 1.70. The number of anilines is 3. The summed E-state index contributed by atoms with van der Waals surface area (Å²) >= 11 is 0. The molecule has 0 saturated carbocycles. The monoisotopic (exact) mass is 309 g/mol. The van der Waals surface area contributed by atoms with Crippen LogP contribution in [-0.4, -0.2) is 29.8 Å². The number of ether oxygens (including phenoxy) is 1. The molecule has 0 aliphatic carbocycles. The molecule has 0 saturated heterocycles. The smallest absolute Gasteiger partial charge is 0.264 e. The first-order valence-electron chi connectivity index (χ1n) is 7.05. The van der Waals surface area contributed by atoms with Crippen LogP contribution in [0, 0.1) is 25.2 Å². The normalized spacial score (nSPS) is 13.1. The summed E-state index contributed by atoms with van der Waals surface area (Å²) in [6.45, 7) is 3.68. The Hall–Kier alpha value is -3.14. The Bertz CT molecular complexity index is 841. The molecule has 2 heterocycles. The maximum atomic E-state index is 11.7. The molecule has 0 spiro atoms. The number of likely N-dealkylation sites (N-methyl/N-ethyl adjacent to an activating group) is 1. The fourth-order valence-corrected chi connectivity index (χ4v) is 2.32. The zero-order chi connectivity index (χ0) is 16.6. The van der Waals surface area contributed by atoms with Gasteiger partial charge in [0.25, 0.3) is 5.91 Å². The highest BCUT2D eigenvalue weighted by atomic mass is 16.5. The van der Waals surface area contributed by atoms with Crippen LogP contribution in [0.25, 0.3) is 0 Å². The van der Waals surface area contributed by atoms with Gasteiger partial charge in [0.15, 0.2) is 12.4 Å². The van der Waals surface area contributed by atoms with Gasteiger partial charge in [-0.15, -0.1) is 5.10 Å². The maximum absolute atomic E-state index is 11.7. The quantitative estimate of drug-likeness (QED) is 0.913. The van der Waals surface area contributed by atoms with Crippen LogP contribution in [0.15, 0.2) is 18.2 Å². The average molecular weight is 309 g/mol. The Morgan fingerprint density at radius 1 is 1.35 bits per heavy atom. The number of benzene rings is 1. The Morgan fingerprint density at radius 3 is 2.87 bits per heavy atom. The molecule has 0 fully saturated rings. The summed E-state index contributed by atoms with van der Waals surface area (Å²) in [5.41, 5.74) is 3.33. The number of rotatable bonds is 2. The van der Waals surface area contributed by atoms with E-state index in [9.17, 15) is 10.1 Å². The molecule has 1 N–H and O–H groups in total. The zero-order valence-corrected chi connectivity index (χ0v) is 13.0. The highest BCUT2D eigenvalue weighted by Crippen LogP contribution is 2.34. The van der Waals surface area contributed by atoms with Crippen molar-refractivity contribution in [3.63, 3.8) is 0 Å². The fourth-order valence-electron chi connectivity index (χ4n) is 2.32. The first kappa shape index (κ1) is 14.8. The van der Waals surface area contributed by atoms with Gasteiger partial charge in [-0.3, -0.25) is 4.79 Å². The number of carbonyl (C=O) groups excluding carboxylic acids is 1. The van der Waals surface area contributed by atoms with E-state index in [0.29, 0.717) is 28.5 Å². The minimum atomic E-state index is -0.113. The van der Waals surface area contributed by atoms with E-state index >= 15 is 0 Å². The molecule has 23 heavy (non-hydrogen) atoms. The van der Waals surface area contributed by atoms with Gasteiger partial charge in [0.05, 0.1) is 11.4 Å². The number of hydrogen-bond donors (Lipinski definition) is 1. The van der Waals surface area contributed by atoms with Crippen molar-refractivity contribution in [2.24, 2.45) is 0 Å². The van der Waals surface area contributed by atoms with Crippen molar-refractivity contribution in [2.45, 2.75) is 13.8 Å². The van der Waals surface area contributed by atoms with Crippen molar-refractivity contribution in [2.75, 3.05) is 23.9 Å². The third-order valence-corrected chi connectivity index (χ3v) is 3.87. The molecule has 1 aromatic carbocycles. The summed E-state index contributed by atoms with van der Waals surface area (Å²) in [6.07, 6.45) is 0. The number of carbonyl (C=O) groups is 1. The molecule has 7 heteroatoms. The van der Waals surface area contributed by atoms with Gasteiger partial charge >= 0.3 is 0 Å². The molecule has 1 aliphatic heterocycles. The van der Waals surface area contributed by atoms with Crippen molar-refractivity contribution >= 4 is 23.1 Å².